The van der Waals surface area contributed by atoms with Gasteiger partial charge in [-0.1, -0.05) is 30.3 Å². The smallest absolute Gasteiger partial charge is 0.276 e. The van der Waals surface area contributed by atoms with E-state index in [9.17, 15) is 4.79 Å². The fourth-order valence-electron chi connectivity index (χ4n) is 2.02. The minimum Gasteiger partial charge on any atom is -0.321 e. The molecule has 0 unspecified atom stereocenters. The molecule has 0 fully saturated rings. The zero-order valence-electron chi connectivity index (χ0n) is 11.0. The average molecular weight is 263 g/mol. The molecule has 0 radical (unpaired) electrons. The van der Waals surface area contributed by atoms with E-state index >= 15 is 0 Å². The summed E-state index contributed by atoms with van der Waals surface area (Å²) < 4.78 is 0. The Morgan fingerprint density at radius 3 is 2.20 bits per heavy atom. The highest BCUT2D eigenvalue weighted by Crippen LogP contribution is 2.14. The monoisotopic (exact) mass is 263 g/mol. The molecule has 0 bridgehead atoms. The summed E-state index contributed by atoms with van der Waals surface area (Å²) in [6.07, 6.45) is 0. The number of nitrogens with zero attached hydrogens (tertiary/aromatic N) is 2. The Morgan fingerprint density at radius 2 is 1.50 bits per heavy atom. The second kappa shape index (κ2) is 5.09. The van der Waals surface area contributed by atoms with Crippen molar-refractivity contribution >= 4 is 22.6 Å². The Labute approximate surface area is 116 Å². The molecule has 4 nitrogen and oxygen atoms in total. The molecule has 4 heteroatoms. The number of benzene rings is 2. The van der Waals surface area contributed by atoms with E-state index in [0.29, 0.717) is 11.4 Å². The molecule has 2 aromatic carbocycles. The maximum Gasteiger partial charge on any atom is 0.276 e. The number of fused-ring (bicyclic) bond motifs is 1. The van der Waals surface area contributed by atoms with Gasteiger partial charge in [0.15, 0.2) is 0 Å². The summed E-state index contributed by atoms with van der Waals surface area (Å²) in [5.41, 5.74) is 3.23. The quantitative estimate of drug-likeness (QED) is 0.772. The maximum atomic E-state index is 12.3. The van der Waals surface area contributed by atoms with Crippen LogP contribution in [0.1, 0.15) is 16.2 Å². The van der Waals surface area contributed by atoms with Gasteiger partial charge in [0.25, 0.3) is 5.91 Å². The molecule has 1 aromatic heterocycles. The van der Waals surface area contributed by atoms with Crippen molar-refractivity contribution in [3.63, 3.8) is 0 Å². The van der Waals surface area contributed by atoms with Gasteiger partial charge in [0, 0.05) is 5.69 Å². The van der Waals surface area contributed by atoms with Crippen molar-refractivity contribution in [1.29, 1.82) is 0 Å². The molecule has 1 N–H and O–H groups in total. The standard InChI is InChI=1S/C16H13N3O/c1-11-15(16(20)18-12-7-3-2-4-8-12)19-14-10-6-5-9-13(14)17-11/h2-10H,1H3,(H,18,20). The molecule has 98 valence electrons. The van der Waals surface area contributed by atoms with Gasteiger partial charge in [-0.05, 0) is 31.2 Å². The van der Waals surface area contributed by atoms with Gasteiger partial charge in [-0.2, -0.15) is 0 Å². The maximum absolute atomic E-state index is 12.3. The molecule has 0 saturated carbocycles. The van der Waals surface area contributed by atoms with Gasteiger partial charge >= 0.3 is 0 Å². The summed E-state index contributed by atoms with van der Waals surface area (Å²) in [6, 6.07) is 16.8. The van der Waals surface area contributed by atoms with Crippen molar-refractivity contribution in [3.05, 3.63) is 66.0 Å². The number of nitrogens with one attached hydrogen (secondary N) is 1. The molecule has 0 atom stereocenters. The molecule has 0 aliphatic rings. The Kier molecular flexibility index (Phi) is 3.13. The van der Waals surface area contributed by atoms with Crippen LogP contribution in [0.25, 0.3) is 11.0 Å². The van der Waals surface area contributed by atoms with E-state index in [1.54, 1.807) is 6.92 Å². The van der Waals surface area contributed by atoms with Crippen molar-refractivity contribution < 1.29 is 4.79 Å². The number of aromatic nitrogens is 2. The average Bonchev–Trinajstić information content (AvgIpc) is 2.47. The van der Waals surface area contributed by atoms with Gasteiger partial charge in [0.05, 0.1) is 16.7 Å². The Bertz CT molecular complexity index is 769. The minimum atomic E-state index is -0.244. The summed E-state index contributed by atoms with van der Waals surface area (Å²) in [7, 11) is 0. The van der Waals surface area contributed by atoms with E-state index in [2.05, 4.69) is 15.3 Å². The van der Waals surface area contributed by atoms with Gasteiger partial charge in [-0.15, -0.1) is 0 Å². The van der Waals surface area contributed by atoms with E-state index in [-0.39, 0.29) is 5.91 Å². The second-order valence-corrected chi connectivity index (χ2v) is 4.47. The first-order chi connectivity index (χ1) is 9.74. The Morgan fingerprint density at radius 1 is 0.900 bits per heavy atom. The molecule has 3 rings (SSSR count). The molecule has 0 aliphatic heterocycles. The fourth-order valence-corrected chi connectivity index (χ4v) is 2.02. The lowest BCUT2D eigenvalue weighted by molar-refractivity contribution is 0.102. The van der Waals surface area contributed by atoms with Crippen LogP contribution in [0.4, 0.5) is 5.69 Å². The van der Waals surface area contributed by atoms with Crippen molar-refractivity contribution in [1.82, 2.24) is 9.97 Å². The van der Waals surface area contributed by atoms with Gasteiger partial charge < -0.3 is 5.32 Å². The Hall–Kier alpha value is -2.75. The third kappa shape index (κ3) is 2.36. The summed E-state index contributed by atoms with van der Waals surface area (Å²) in [5, 5.41) is 2.82. The predicted octanol–water partition coefficient (Wildman–Crippen LogP) is 3.19. The highest BCUT2D eigenvalue weighted by atomic mass is 16.1. The van der Waals surface area contributed by atoms with E-state index in [1.165, 1.54) is 0 Å². The molecule has 3 aromatic rings. The van der Waals surface area contributed by atoms with Crippen molar-refractivity contribution in [2.75, 3.05) is 5.32 Å². The highest BCUT2D eigenvalue weighted by molar-refractivity contribution is 6.04. The van der Waals surface area contributed by atoms with Crippen molar-refractivity contribution in [3.8, 4) is 0 Å². The predicted molar refractivity (Wildman–Crippen MR) is 78.7 cm³/mol. The van der Waals surface area contributed by atoms with Crippen LogP contribution in [0, 0.1) is 6.92 Å². The van der Waals surface area contributed by atoms with E-state index in [4.69, 9.17) is 0 Å². The number of hydrogen-bond acceptors (Lipinski definition) is 3. The molecule has 0 aliphatic carbocycles. The van der Waals surface area contributed by atoms with Crippen LogP contribution in [0.15, 0.2) is 54.6 Å². The number of para-hydroxylation sites is 3. The van der Waals surface area contributed by atoms with Gasteiger partial charge in [0.2, 0.25) is 0 Å². The number of carbonyl (C=O) groups excluding carboxylic acids is 1. The van der Waals surface area contributed by atoms with Gasteiger partial charge in [-0.25, -0.2) is 9.97 Å². The molecular formula is C16H13N3O. The molecular weight excluding hydrogens is 250 g/mol. The summed E-state index contributed by atoms with van der Waals surface area (Å²) in [6.45, 7) is 1.79. The van der Waals surface area contributed by atoms with Crippen LogP contribution in [0.2, 0.25) is 0 Å². The normalized spacial score (nSPS) is 10.4. The lowest BCUT2D eigenvalue weighted by atomic mass is 10.2. The molecule has 0 saturated heterocycles. The van der Waals surface area contributed by atoms with Crippen LogP contribution >= 0.6 is 0 Å². The number of anilines is 1. The molecule has 0 spiro atoms. The fraction of sp³-hybridized carbons (Fsp3) is 0.0625. The van der Waals surface area contributed by atoms with Gasteiger partial charge in [-0.3, -0.25) is 4.79 Å². The zero-order valence-corrected chi connectivity index (χ0v) is 11.0. The van der Waals surface area contributed by atoms with Crippen LogP contribution in [-0.2, 0) is 0 Å². The summed E-state index contributed by atoms with van der Waals surface area (Å²) in [5.74, 6) is -0.244. The number of carbonyl (C=O) groups is 1. The number of aryl methyl sites for hydroxylation is 1. The molecule has 1 amide bonds. The first-order valence-electron chi connectivity index (χ1n) is 6.34. The van der Waals surface area contributed by atoms with Crippen molar-refractivity contribution in [2.45, 2.75) is 6.92 Å². The SMILES string of the molecule is Cc1nc2ccccc2nc1C(=O)Nc1ccccc1. The van der Waals surface area contributed by atoms with Crippen LogP contribution in [-0.4, -0.2) is 15.9 Å². The zero-order chi connectivity index (χ0) is 13.9. The Balaban J connectivity index is 1.97. The second-order valence-electron chi connectivity index (χ2n) is 4.47. The summed E-state index contributed by atoms with van der Waals surface area (Å²) >= 11 is 0. The topological polar surface area (TPSA) is 54.9 Å². The first kappa shape index (κ1) is 12.3. The third-order valence-corrected chi connectivity index (χ3v) is 2.99. The summed E-state index contributed by atoms with van der Waals surface area (Å²) in [4.78, 5) is 21.1. The third-order valence-electron chi connectivity index (χ3n) is 2.99. The van der Waals surface area contributed by atoms with Crippen LogP contribution < -0.4 is 5.32 Å². The number of rotatable bonds is 2. The van der Waals surface area contributed by atoms with Crippen LogP contribution in [0.5, 0.6) is 0 Å². The van der Waals surface area contributed by atoms with E-state index < -0.39 is 0 Å². The van der Waals surface area contributed by atoms with E-state index in [1.807, 2.05) is 54.6 Å². The number of hydrogen-bond donors (Lipinski definition) is 1. The highest BCUT2D eigenvalue weighted by Gasteiger charge is 2.13. The largest absolute Gasteiger partial charge is 0.321 e. The molecule has 20 heavy (non-hydrogen) atoms. The van der Waals surface area contributed by atoms with Gasteiger partial charge in [0.1, 0.15) is 5.69 Å². The van der Waals surface area contributed by atoms with Crippen LogP contribution in [0.3, 0.4) is 0 Å². The van der Waals surface area contributed by atoms with E-state index in [0.717, 1.165) is 16.7 Å². The molecule has 1 heterocycles. The number of amides is 1. The first-order valence-corrected chi connectivity index (χ1v) is 6.34. The lowest BCUT2D eigenvalue weighted by Crippen LogP contribution is -2.16. The lowest BCUT2D eigenvalue weighted by Gasteiger charge is -2.07. The minimum absolute atomic E-state index is 0.244. The van der Waals surface area contributed by atoms with Crippen molar-refractivity contribution in [2.24, 2.45) is 0 Å².